The van der Waals surface area contributed by atoms with E-state index in [0.717, 1.165) is 77.0 Å². The Hall–Kier alpha value is -2.63. The van der Waals surface area contributed by atoms with Gasteiger partial charge >= 0.3 is 17.9 Å². The Morgan fingerprint density at radius 3 is 0.813 bits per heavy atom. The number of rotatable bonds is 61. The average Bonchev–Trinajstić information content (AvgIpc) is 3.41. The summed E-state index contributed by atoms with van der Waals surface area (Å²) < 4.78 is 16.8. The Kier molecular flexibility index (Phi) is 61.7. The van der Waals surface area contributed by atoms with E-state index in [1.54, 1.807) is 0 Å². The highest BCUT2D eigenvalue weighted by atomic mass is 16.6. The van der Waals surface area contributed by atoms with Crippen LogP contribution in [0.25, 0.3) is 0 Å². The minimum atomic E-state index is -0.790. The third-order valence-corrected chi connectivity index (χ3v) is 14.8. The molecule has 0 saturated carbocycles. The average molecular weight is 1050 g/mol. The van der Waals surface area contributed by atoms with Crippen LogP contribution in [-0.4, -0.2) is 37.2 Å². The van der Waals surface area contributed by atoms with Crippen molar-refractivity contribution in [3.63, 3.8) is 0 Å². The van der Waals surface area contributed by atoms with E-state index >= 15 is 0 Å². The highest BCUT2D eigenvalue weighted by molar-refractivity contribution is 5.71. The van der Waals surface area contributed by atoms with Crippen molar-refractivity contribution < 1.29 is 28.6 Å². The fraction of sp³-hybridized carbons (Fsp3) is 0.841. The van der Waals surface area contributed by atoms with Gasteiger partial charge in [-0.05, 0) is 57.8 Å². The van der Waals surface area contributed by atoms with Gasteiger partial charge in [0, 0.05) is 19.3 Å². The summed E-state index contributed by atoms with van der Waals surface area (Å²) in [6.07, 6.45) is 80.5. The lowest BCUT2D eigenvalue weighted by Crippen LogP contribution is -2.30. The molecule has 0 amide bonds. The molecule has 0 aliphatic carbocycles. The molecule has 1 atom stereocenters. The third kappa shape index (κ3) is 62.1. The Labute approximate surface area is 467 Å². The van der Waals surface area contributed by atoms with E-state index in [2.05, 4.69) is 69.4 Å². The highest BCUT2D eigenvalue weighted by Gasteiger charge is 2.19. The van der Waals surface area contributed by atoms with Gasteiger partial charge in [0.05, 0.1) is 0 Å². The van der Waals surface area contributed by atoms with Gasteiger partial charge in [-0.25, -0.2) is 0 Å². The third-order valence-electron chi connectivity index (χ3n) is 14.8. The zero-order valence-electron chi connectivity index (χ0n) is 50.3. The fourth-order valence-electron chi connectivity index (χ4n) is 9.91. The summed E-state index contributed by atoms with van der Waals surface area (Å²) in [5, 5.41) is 0. The van der Waals surface area contributed by atoms with Gasteiger partial charge in [0.1, 0.15) is 13.2 Å². The normalized spacial score (nSPS) is 12.3. The molecule has 75 heavy (non-hydrogen) atoms. The number of hydrogen-bond donors (Lipinski definition) is 0. The molecule has 1 unspecified atom stereocenters. The lowest BCUT2D eigenvalue weighted by atomic mass is 10.0. The van der Waals surface area contributed by atoms with Gasteiger partial charge in [-0.2, -0.15) is 0 Å². The Morgan fingerprint density at radius 2 is 0.520 bits per heavy atom. The molecule has 0 saturated heterocycles. The quantitative estimate of drug-likeness (QED) is 0.0261. The van der Waals surface area contributed by atoms with E-state index in [-0.39, 0.29) is 37.5 Å². The van der Waals surface area contributed by atoms with E-state index < -0.39 is 6.10 Å². The fourth-order valence-corrected chi connectivity index (χ4v) is 9.91. The van der Waals surface area contributed by atoms with Crippen molar-refractivity contribution in [3.8, 4) is 0 Å². The standard InChI is InChI=1S/C69H126O6/c1-4-7-10-13-16-18-20-22-24-25-26-27-28-29-30-31-32-33-34-35-36-37-38-39-40-41-42-43-45-46-48-50-53-56-59-62-68(71)74-65-66(64-73-67(70)61-58-55-52-15-12-9-6-3)75-69(72)63-60-57-54-51-49-47-44-23-21-19-17-14-11-8-5-2/h8,11,17,19,23,44,49,51,66H,4-7,9-10,12-16,18,20-22,24-43,45-48,50,52-65H2,1-3H3/b11-8-,19-17-,44-23-,51-49-. The van der Waals surface area contributed by atoms with Crippen LogP contribution in [0.3, 0.4) is 0 Å². The van der Waals surface area contributed by atoms with Crippen molar-refractivity contribution in [2.75, 3.05) is 13.2 Å². The van der Waals surface area contributed by atoms with Crippen LogP contribution in [0, 0.1) is 0 Å². The number of unbranched alkanes of at least 4 members (excludes halogenated alkanes) is 42. The Morgan fingerprint density at radius 1 is 0.280 bits per heavy atom. The number of allylic oxidation sites excluding steroid dienone is 8. The lowest BCUT2D eigenvalue weighted by molar-refractivity contribution is -0.167. The largest absolute Gasteiger partial charge is 0.462 e. The minimum absolute atomic E-state index is 0.0864. The van der Waals surface area contributed by atoms with Crippen LogP contribution in [0.15, 0.2) is 48.6 Å². The second-order valence-electron chi connectivity index (χ2n) is 22.4. The molecule has 438 valence electrons. The molecule has 0 aromatic carbocycles. The van der Waals surface area contributed by atoms with E-state index in [0.29, 0.717) is 19.3 Å². The Bertz CT molecular complexity index is 1300. The lowest BCUT2D eigenvalue weighted by Gasteiger charge is -2.18. The summed E-state index contributed by atoms with van der Waals surface area (Å²) in [5.74, 6) is -0.920. The molecule has 0 radical (unpaired) electrons. The molecule has 0 bridgehead atoms. The maximum atomic E-state index is 12.8. The van der Waals surface area contributed by atoms with Crippen LogP contribution in [0.2, 0.25) is 0 Å². The molecule has 0 heterocycles. The molecule has 0 N–H and O–H groups in total. The monoisotopic (exact) mass is 1050 g/mol. The molecule has 0 aliphatic heterocycles. The van der Waals surface area contributed by atoms with Gasteiger partial charge in [0.2, 0.25) is 0 Å². The minimum Gasteiger partial charge on any atom is -0.462 e. The highest BCUT2D eigenvalue weighted by Crippen LogP contribution is 2.18. The number of ether oxygens (including phenoxy) is 3. The SMILES string of the molecule is CC/C=C\C/C=C\C/C=C\C/C=C\CCCCC(=O)OC(COC(=O)CCCCCCCCC)COC(=O)CCCCCCCCCCCCCCCCCCCCCCCCCCCCCCCCCCCCC. The maximum Gasteiger partial charge on any atom is 0.306 e. The van der Waals surface area contributed by atoms with Crippen LogP contribution in [0.1, 0.15) is 355 Å². The topological polar surface area (TPSA) is 78.9 Å². The number of carbonyl (C=O) groups excluding carboxylic acids is 3. The molecule has 0 aromatic rings. The van der Waals surface area contributed by atoms with Crippen LogP contribution >= 0.6 is 0 Å². The molecule has 0 aliphatic rings. The van der Waals surface area contributed by atoms with E-state index in [1.165, 1.54) is 231 Å². The molecule has 0 aromatic heterocycles. The van der Waals surface area contributed by atoms with Crippen LogP contribution in [0.5, 0.6) is 0 Å². The van der Waals surface area contributed by atoms with Crippen LogP contribution < -0.4 is 0 Å². The first-order chi connectivity index (χ1) is 37.0. The first kappa shape index (κ1) is 72.4. The van der Waals surface area contributed by atoms with Crippen molar-refractivity contribution >= 4 is 17.9 Å². The number of esters is 3. The van der Waals surface area contributed by atoms with Crippen molar-refractivity contribution in [2.45, 2.75) is 361 Å². The predicted octanol–water partition coefficient (Wildman–Crippen LogP) is 22.6. The summed E-state index contributed by atoms with van der Waals surface area (Å²) in [6.45, 7) is 6.49. The van der Waals surface area contributed by atoms with Gasteiger partial charge in [0.25, 0.3) is 0 Å². The van der Waals surface area contributed by atoms with Crippen LogP contribution in [0.4, 0.5) is 0 Å². The molecular weight excluding hydrogens is 925 g/mol. The summed E-state index contributed by atoms with van der Waals surface area (Å²) in [7, 11) is 0. The molecule has 6 nitrogen and oxygen atoms in total. The second-order valence-corrected chi connectivity index (χ2v) is 22.4. The van der Waals surface area contributed by atoms with E-state index in [1.807, 2.05) is 0 Å². The summed E-state index contributed by atoms with van der Waals surface area (Å²) in [4.78, 5) is 38.0. The zero-order chi connectivity index (χ0) is 54.3. The van der Waals surface area contributed by atoms with Gasteiger partial charge in [0.15, 0.2) is 6.10 Å². The molecule has 6 heteroatoms. The molecule has 0 spiro atoms. The number of hydrogen-bond acceptors (Lipinski definition) is 6. The first-order valence-corrected chi connectivity index (χ1v) is 33.1. The van der Waals surface area contributed by atoms with Crippen LogP contribution in [-0.2, 0) is 28.6 Å². The van der Waals surface area contributed by atoms with Crippen molar-refractivity contribution in [3.05, 3.63) is 48.6 Å². The second kappa shape index (κ2) is 63.9. The van der Waals surface area contributed by atoms with Gasteiger partial charge in [-0.1, -0.05) is 326 Å². The zero-order valence-corrected chi connectivity index (χ0v) is 50.3. The summed E-state index contributed by atoms with van der Waals surface area (Å²) >= 11 is 0. The molecule has 0 rings (SSSR count). The number of carbonyl (C=O) groups is 3. The van der Waals surface area contributed by atoms with Gasteiger partial charge in [-0.3, -0.25) is 14.4 Å². The van der Waals surface area contributed by atoms with Crippen molar-refractivity contribution in [1.82, 2.24) is 0 Å². The first-order valence-electron chi connectivity index (χ1n) is 33.1. The van der Waals surface area contributed by atoms with Gasteiger partial charge in [-0.15, -0.1) is 0 Å². The predicted molar refractivity (Wildman–Crippen MR) is 325 cm³/mol. The summed E-state index contributed by atoms with van der Waals surface area (Å²) in [5.41, 5.74) is 0. The maximum absolute atomic E-state index is 12.8. The smallest absolute Gasteiger partial charge is 0.306 e. The Balaban J connectivity index is 3.92. The van der Waals surface area contributed by atoms with Gasteiger partial charge < -0.3 is 14.2 Å². The van der Waals surface area contributed by atoms with Crippen molar-refractivity contribution in [1.29, 1.82) is 0 Å². The summed E-state index contributed by atoms with van der Waals surface area (Å²) in [6, 6.07) is 0. The van der Waals surface area contributed by atoms with Crippen molar-refractivity contribution in [2.24, 2.45) is 0 Å². The van der Waals surface area contributed by atoms with E-state index in [9.17, 15) is 14.4 Å². The molecular formula is C69H126O6. The van der Waals surface area contributed by atoms with E-state index in [4.69, 9.17) is 14.2 Å². The molecule has 0 fully saturated rings.